The molecule has 0 aromatic rings. The molecule has 0 aromatic carbocycles. The Labute approximate surface area is 75.2 Å². The lowest BCUT2D eigenvalue weighted by atomic mass is 10.4. The summed E-state index contributed by atoms with van der Waals surface area (Å²) in [5.74, 6) is 0.140. The molecule has 0 unspecified atom stereocenters. The van der Waals surface area contributed by atoms with E-state index >= 15 is 0 Å². The third kappa shape index (κ3) is 6.61. The maximum Gasteiger partial charge on any atom is 0.267 e. The first-order chi connectivity index (χ1) is 5.62. The van der Waals surface area contributed by atoms with Crippen LogP contribution in [-0.2, 0) is 14.3 Å². The first-order valence-electron chi connectivity index (χ1n) is 4.28. The molecule has 0 N–H and O–H groups in total. The van der Waals surface area contributed by atoms with Crippen LogP contribution in [0.15, 0.2) is 0 Å². The molecule has 0 spiro atoms. The summed E-state index contributed by atoms with van der Waals surface area (Å²) in [7, 11) is -3.24. The molecule has 0 heterocycles. The van der Waals surface area contributed by atoms with Gasteiger partial charge in [-0.3, -0.25) is 4.18 Å². The molecule has 3 nitrogen and oxygen atoms in total. The van der Waals surface area contributed by atoms with Gasteiger partial charge in [0.25, 0.3) is 10.1 Å². The fourth-order valence-electron chi connectivity index (χ4n) is 0.668. The van der Waals surface area contributed by atoms with E-state index in [1.165, 1.54) is 0 Å². The molecule has 1 radical (unpaired) electrons. The van der Waals surface area contributed by atoms with Crippen molar-refractivity contribution < 1.29 is 12.6 Å². The van der Waals surface area contributed by atoms with E-state index in [0.717, 1.165) is 6.42 Å². The minimum Gasteiger partial charge on any atom is -0.270 e. The summed E-state index contributed by atoms with van der Waals surface area (Å²) < 4.78 is 26.7. The van der Waals surface area contributed by atoms with Crippen LogP contribution in [0.3, 0.4) is 0 Å². The lowest BCUT2D eigenvalue weighted by Crippen LogP contribution is -2.11. The number of unbranched alkanes of at least 4 members (excludes halogenated alkanes) is 2. The highest BCUT2D eigenvalue weighted by atomic mass is 32.2. The van der Waals surface area contributed by atoms with Crippen LogP contribution in [0.5, 0.6) is 0 Å². The van der Waals surface area contributed by atoms with E-state index < -0.39 is 10.1 Å². The minimum atomic E-state index is -3.24. The predicted molar refractivity (Wildman–Crippen MR) is 49.2 cm³/mol. The molecule has 73 valence electrons. The second-order valence-corrected chi connectivity index (χ2v) is 4.40. The van der Waals surface area contributed by atoms with Crippen molar-refractivity contribution in [1.29, 1.82) is 0 Å². The third-order valence-electron chi connectivity index (χ3n) is 1.41. The first-order valence-corrected chi connectivity index (χ1v) is 5.86. The average Bonchev–Trinajstić information content (AvgIpc) is 2.01. The Hall–Kier alpha value is -0.0900. The van der Waals surface area contributed by atoms with E-state index in [4.69, 9.17) is 4.18 Å². The van der Waals surface area contributed by atoms with Gasteiger partial charge in [0.2, 0.25) is 0 Å². The van der Waals surface area contributed by atoms with Crippen LogP contribution in [0.2, 0.25) is 0 Å². The molecule has 4 heteroatoms. The van der Waals surface area contributed by atoms with Crippen LogP contribution in [0.4, 0.5) is 0 Å². The molecule has 0 saturated carbocycles. The zero-order valence-corrected chi connectivity index (χ0v) is 8.40. The third-order valence-corrected chi connectivity index (χ3v) is 2.72. The highest BCUT2D eigenvalue weighted by Gasteiger charge is 2.08. The molecule has 0 rings (SSSR count). The van der Waals surface area contributed by atoms with E-state index in [1.807, 2.05) is 6.92 Å². The van der Waals surface area contributed by atoms with Gasteiger partial charge >= 0.3 is 0 Å². The van der Waals surface area contributed by atoms with Crippen molar-refractivity contribution in [3.8, 4) is 0 Å². The van der Waals surface area contributed by atoms with Crippen LogP contribution in [0, 0.1) is 6.92 Å². The Morgan fingerprint density at radius 3 is 2.50 bits per heavy atom. The van der Waals surface area contributed by atoms with Crippen LogP contribution < -0.4 is 0 Å². The van der Waals surface area contributed by atoms with Crippen LogP contribution in [-0.4, -0.2) is 20.8 Å². The largest absolute Gasteiger partial charge is 0.270 e. The van der Waals surface area contributed by atoms with Crippen molar-refractivity contribution in [2.75, 3.05) is 12.4 Å². The molecule has 0 atom stereocenters. The molecular formula is C8H17O3S. The molecule has 0 aliphatic heterocycles. The Balaban J connectivity index is 3.58. The molecule has 0 saturated heterocycles. The summed E-state index contributed by atoms with van der Waals surface area (Å²) >= 11 is 0. The lowest BCUT2D eigenvalue weighted by Gasteiger charge is -2.02. The predicted octanol–water partition coefficient (Wildman–Crippen LogP) is 1.75. The SMILES string of the molecule is [CH2]CCCOS(=O)(=O)CCCC. The van der Waals surface area contributed by atoms with Gasteiger partial charge in [-0.2, -0.15) is 8.42 Å². The standard InChI is InChI=1S/C8H17O3S/c1-3-5-7-11-12(9,10)8-6-4-2/h1,3-8H2,2H3. The summed E-state index contributed by atoms with van der Waals surface area (Å²) in [6.07, 6.45) is 2.96. The van der Waals surface area contributed by atoms with Gasteiger partial charge in [0.1, 0.15) is 0 Å². The van der Waals surface area contributed by atoms with Crippen LogP contribution in [0.1, 0.15) is 32.6 Å². The second-order valence-electron chi connectivity index (χ2n) is 2.64. The Morgan fingerprint density at radius 1 is 1.33 bits per heavy atom. The zero-order chi connectivity index (χ0) is 9.45. The van der Waals surface area contributed by atoms with Crippen LogP contribution in [0.25, 0.3) is 0 Å². The molecule has 0 bridgehead atoms. The second kappa shape index (κ2) is 6.43. The molecule has 0 aliphatic rings. The monoisotopic (exact) mass is 193 g/mol. The van der Waals surface area contributed by atoms with E-state index in [0.29, 0.717) is 19.3 Å². The zero-order valence-electron chi connectivity index (χ0n) is 7.58. The summed E-state index contributed by atoms with van der Waals surface area (Å²) in [5, 5.41) is 0. The van der Waals surface area contributed by atoms with E-state index in [9.17, 15) is 8.42 Å². The molecule has 0 aromatic heterocycles. The highest BCUT2D eigenvalue weighted by Crippen LogP contribution is 2.00. The number of hydrogen-bond acceptors (Lipinski definition) is 3. The molecule has 0 fully saturated rings. The Kier molecular flexibility index (Phi) is 6.38. The Morgan fingerprint density at radius 2 is 2.00 bits per heavy atom. The number of hydrogen-bond donors (Lipinski definition) is 0. The van der Waals surface area contributed by atoms with Gasteiger partial charge in [0.05, 0.1) is 12.4 Å². The van der Waals surface area contributed by atoms with Gasteiger partial charge in [-0.25, -0.2) is 0 Å². The summed E-state index contributed by atoms with van der Waals surface area (Å²) in [4.78, 5) is 0. The lowest BCUT2D eigenvalue weighted by molar-refractivity contribution is 0.312. The van der Waals surface area contributed by atoms with Crippen molar-refractivity contribution in [2.45, 2.75) is 32.6 Å². The van der Waals surface area contributed by atoms with Crippen molar-refractivity contribution in [3.63, 3.8) is 0 Å². The number of rotatable bonds is 7. The highest BCUT2D eigenvalue weighted by molar-refractivity contribution is 7.86. The van der Waals surface area contributed by atoms with Gasteiger partial charge < -0.3 is 0 Å². The summed E-state index contributed by atoms with van der Waals surface area (Å²) in [6, 6.07) is 0. The Bertz CT molecular complexity index is 184. The summed E-state index contributed by atoms with van der Waals surface area (Å²) in [6.45, 7) is 5.82. The normalized spacial score (nSPS) is 11.8. The minimum absolute atomic E-state index is 0.140. The smallest absolute Gasteiger partial charge is 0.267 e. The molecule has 12 heavy (non-hydrogen) atoms. The van der Waals surface area contributed by atoms with Crippen molar-refractivity contribution in [1.82, 2.24) is 0 Å². The fourth-order valence-corrected chi connectivity index (χ4v) is 1.80. The maximum atomic E-state index is 11.0. The summed E-state index contributed by atoms with van der Waals surface area (Å²) in [5.41, 5.74) is 0. The topological polar surface area (TPSA) is 43.4 Å². The fraction of sp³-hybridized carbons (Fsp3) is 0.875. The van der Waals surface area contributed by atoms with E-state index in [1.54, 1.807) is 0 Å². The van der Waals surface area contributed by atoms with Gasteiger partial charge in [0, 0.05) is 0 Å². The maximum absolute atomic E-state index is 11.0. The molecular weight excluding hydrogens is 176 g/mol. The quantitative estimate of drug-likeness (QED) is 0.457. The average molecular weight is 193 g/mol. The van der Waals surface area contributed by atoms with E-state index in [2.05, 4.69) is 6.92 Å². The van der Waals surface area contributed by atoms with Gasteiger partial charge in [0.15, 0.2) is 0 Å². The molecule has 0 aliphatic carbocycles. The van der Waals surface area contributed by atoms with Crippen molar-refractivity contribution in [2.24, 2.45) is 0 Å². The van der Waals surface area contributed by atoms with Crippen LogP contribution >= 0.6 is 0 Å². The van der Waals surface area contributed by atoms with E-state index in [-0.39, 0.29) is 12.4 Å². The van der Waals surface area contributed by atoms with Gasteiger partial charge in [-0.1, -0.05) is 26.7 Å². The molecule has 0 amide bonds. The van der Waals surface area contributed by atoms with Gasteiger partial charge in [-0.05, 0) is 12.8 Å². The first kappa shape index (κ1) is 11.9. The van der Waals surface area contributed by atoms with Gasteiger partial charge in [-0.15, -0.1) is 0 Å². The van der Waals surface area contributed by atoms with Crippen molar-refractivity contribution in [3.05, 3.63) is 6.92 Å². The van der Waals surface area contributed by atoms with Crippen molar-refractivity contribution >= 4 is 10.1 Å².